The molecular weight excluding hydrogens is 318 g/mol. The summed E-state index contributed by atoms with van der Waals surface area (Å²) in [4.78, 5) is 31.1. The molecule has 1 rings (SSSR count). The lowest BCUT2D eigenvalue weighted by Crippen LogP contribution is -2.31. The van der Waals surface area contributed by atoms with E-state index in [1.54, 1.807) is 0 Å². The second-order valence-electron chi connectivity index (χ2n) is 4.32. The summed E-state index contributed by atoms with van der Waals surface area (Å²) in [5, 5.41) is 33.1. The van der Waals surface area contributed by atoms with Crippen LogP contribution in [0.1, 0.15) is 6.42 Å². The third kappa shape index (κ3) is 4.77. The van der Waals surface area contributed by atoms with Crippen LogP contribution in [0, 0.1) is 20.2 Å². The predicted molar refractivity (Wildman–Crippen MR) is 78.3 cm³/mol. The molecule has 0 spiro atoms. The Morgan fingerprint density at radius 3 is 2.45 bits per heavy atom. The lowest BCUT2D eigenvalue weighted by molar-refractivity contribution is -0.393. The fourth-order valence-electron chi connectivity index (χ4n) is 1.64. The minimum absolute atomic E-state index is 0.00735. The Bertz CT molecular complexity index is 634. The molecule has 0 aliphatic rings. The first-order valence-corrected chi connectivity index (χ1v) is 7.67. The summed E-state index contributed by atoms with van der Waals surface area (Å²) in [5.74, 6) is -1.16. The maximum atomic E-state index is 11.1. The van der Waals surface area contributed by atoms with Gasteiger partial charge in [-0.15, -0.1) is 0 Å². The molecule has 0 saturated heterocycles. The number of carboxylic acids is 1. The van der Waals surface area contributed by atoms with Gasteiger partial charge in [0.15, 0.2) is 0 Å². The van der Waals surface area contributed by atoms with Crippen molar-refractivity contribution in [3.63, 3.8) is 0 Å². The molecule has 2 unspecified atom stereocenters. The van der Waals surface area contributed by atoms with Crippen LogP contribution in [0.25, 0.3) is 0 Å². The second kappa shape index (κ2) is 7.45. The van der Waals surface area contributed by atoms with Gasteiger partial charge < -0.3 is 10.4 Å². The van der Waals surface area contributed by atoms with Crippen molar-refractivity contribution < 1.29 is 24.0 Å². The molecule has 0 aromatic heterocycles. The normalized spacial score (nSPS) is 13.1. The number of nitrogens with one attached hydrogen (secondary N) is 1. The molecule has 2 N–H and O–H groups in total. The van der Waals surface area contributed by atoms with Gasteiger partial charge in [-0.3, -0.25) is 24.4 Å². The van der Waals surface area contributed by atoms with Gasteiger partial charge in [-0.05, 0) is 12.5 Å². The van der Waals surface area contributed by atoms with Crippen molar-refractivity contribution in [3.05, 3.63) is 38.4 Å². The van der Waals surface area contributed by atoms with E-state index < -0.39 is 44.0 Å². The Balaban J connectivity index is 3.08. The van der Waals surface area contributed by atoms with Crippen LogP contribution in [-0.4, -0.2) is 43.2 Å². The zero-order chi connectivity index (χ0) is 16.9. The molecule has 0 amide bonds. The molecule has 120 valence electrons. The molecule has 0 saturated carbocycles. The molecule has 0 radical (unpaired) electrons. The fraction of sp³-hybridized carbons (Fsp3) is 0.364. The summed E-state index contributed by atoms with van der Waals surface area (Å²) in [6, 6.07) is 1.67. The van der Waals surface area contributed by atoms with Gasteiger partial charge in [-0.2, -0.15) is 0 Å². The van der Waals surface area contributed by atoms with Crippen molar-refractivity contribution in [2.24, 2.45) is 0 Å². The number of hydrogen-bond acceptors (Lipinski definition) is 7. The molecule has 1 aromatic rings. The summed E-state index contributed by atoms with van der Waals surface area (Å²) in [6.45, 7) is 0. The largest absolute Gasteiger partial charge is 0.480 e. The van der Waals surface area contributed by atoms with Crippen LogP contribution in [0.5, 0.6) is 0 Å². The van der Waals surface area contributed by atoms with Crippen molar-refractivity contribution in [2.45, 2.75) is 12.5 Å². The molecule has 1 aromatic carbocycles. The quantitative estimate of drug-likeness (QED) is 0.531. The highest BCUT2D eigenvalue weighted by atomic mass is 32.2. The van der Waals surface area contributed by atoms with Crippen LogP contribution in [-0.2, 0) is 15.6 Å². The van der Waals surface area contributed by atoms with Crippen molar-refractivity contribution in [2.75, 3.05) is 17.3 Å². The Hall–Kier alpha value is -2.56. The number of aliphatic carboxylic acids is 1. The highest BCUT2D eigenvalue weighted by Gasteiger charge is 2.24. The van der Waals surface area contributed by atoms with Crippen LogP contribution in [0.3, 0.4) is 0 Å². The average molecular weight is 331 g/mol. The minimum Gasteiger partial charge on any atom is -0.480 e. The lowest BCUT2D eigenvalue weighted by Gasteiger charge is -2.15. The Morgan fingerprint density at radius 1 is 1.36 bits per heavy atom. The molecule has 10 nitrogen and oxygen atoms in total. The Kier molecular flexibility index (Phi) is 5.92. The summed E-state index contributed by atoms with van der Waals surface area (Å²) >= 11 is 0. The van der Waals surface area contributed by atoms with Crippen molar-refractivity contribution >= 4 is 33.8 Å². The van der Waals surface area contributed by atoms with E-state index in [4.69, 9.17) is 5.11 Å². The summed E-state index contributed by atoms with van der Waals surface area (Å²) in [6.07, 6.45) is 1.40. The fourth-order valence-corrected chi connectivity index (χ4v) is 2.20. The topological polar surface area (TPSA) is 153 Å². The number of carbonyl (C=O) groups is 1. The Morgan fingerprint density at radius 2 is 2.00 bits per heavy atom. The van der Waals surface area contributed by atoms with E-state index in [1.807, 2.05) is 0 Å². The van der Waals surface area contributed by atoms with Crippen molar-refractivity contribution in [1.82, 2.24) is 0 Å². The molecule has 2 atom stereocenters. The van der Waals surface area contributed by atoms with E-state index in [0.717, 1.165) is 18.2 Å². The number of anilines is 1. The standard InChI is InChI=1S/C11H13N3O7S/c1-22(21)5-4-9(11(15)16)12-8-3-2-7(13(17)18)6-10(8)14(19)20/h2-3,6,9,12H,4-5H2,1H3,(H,15,16). The van der Waals surface area contributed by atoms with Gasteiger partial charge in [0.25, 0.3) is 11.4 Å². The number of non-ortho nitro benzene ring substituents is 1. The maximum absolute atomic E-state index is 11.1. The molecule has 0 bridgehead atoms. The van der Waals surface area contributed by atoms with E-state index in [1.165, 1.54) is 6.26 Å². The first-order chi connectivity index (χ1) is 10.2. The van der Waals surface area contributed by atoms with Gasteiger partial charge in [-0.25, -0.2) is 4.79 Å². The average Bonchev–Trinajstić information content (AvgIpc) is 2.42. The smallest absolute Gasteiger partial charge is 0.326 e. The van der Waals surface area contributed by atoms with E-state index in [2.05, 4.69) is 5.32 Å². The van der Waals surface area contributed by atoms with Crippen LogP contribution in [0.4, 0.5) is 17.1 Å². The first kappa shape index (κ1) is 17.5. The predicted octanol–water partition coefficient (Wildman–Crippen LogP) is 1.14. The van der Waals surface area contributed by atoms with Gasteiger partial charge in [0.05, 0.1) is 15.9 Å². The molecule has 0 heterocycles. The molecular formula is C11H13N3O7S. The zero-order valence-electron chi connectivity index (χ0n) is 11.4. The first-order valence-electron chi connectivity index (χ1n) is 5.94. The van der Waals surface area contributed by atoms with Crippen LogP contribution < -0.4 is 5.32 Å². The van der Waals surface area contributed by atoms with Crippen LogP contribution >= 0.6 is 0 Å². The lowest BCUT2D eigenvalue weighted by atomic mass is 10.2. The van der Waals surface area contributed by atoms with Gasteiger partial charge in [0, 0.05) is 28.9 Å². The molecule has 0 aliphatic heterocycles. The second-order valence-corrected chi connectivity index (χ2v) is 5.87. The molecule has 0 fully saturated rings. The van der Waals surface area contributed by atoms with Gasteiger partial charge in [0.1, 0.15) is 11.7 Å². The Labute approximate surface area is 126 Å². The highest BCUT2D eigenvalue weighted by molar-refractivity contribution is 7.84. The monoisotopic (exact) mass is 331 g/mol. The van der Waals surface area contributed by atoms with Crippen LogP contribution in [0.2, 0.25) is 0 Å². The number of carboxylic acid groups (broad SMARTS) is 1. The third-order valence-corrected chi connectivity index (χ3v) is 3.52. The van der Waals surface area contributed by atoms with E-state index in [0.29, 0.717) is 0 Å². The van der Waals surface area contributed by atoms with Gasteiger partial charge in [0.2, 0.25) is 0 Å². The number of rotatable bonds is 8. The van der Waals surface area contributed by atoms with E-state index in [-0.39, 0.29) is 17.9 Å². The number of hydrogen-bond donors (Lipinski definition) is 2. The van der Waals surface area contributed by atoms with Crippen LogP contribution in [0.15, 0.2) is 18.2 Å². The number of benzene rings is 1. The molecule has 0 aliphatic carbocycles. The third-order valence-electron chi connectivity index (χ3n) is 2.71. The van der Waals surface area contributed by atoms with Crippen molar-refractivity contribution in [1.29, 1.82) is 0 Å². The summed E-state index contributed by atoms with van der Waals surface area (Å²) < 4.78 is 11.0. The van der Waals surface area contributed by atoms with Crippen molar-refractivity contribution in [3.8, 4) is 0 Å². The zero-order valence-corrected chi connectivity index (χ0v) is 12.2. The molecule has 11 heteroatoms. The number of nitro benzene ring substituents is 2. The van der Waals surface area contributed by atoms with Gasteiger partial charge >= 0.3 is 5.97 Å². The highest BCUT2D eigenvalue weighted by Crippen LogP contribution is 2.29. The summed E-state index contributed by atoms with van der Waals surface area (Å²) in [5.41, 5.74) is -1.22. The number of nitro groups is 2. The minimum atomic E-state index is -1.27. The van der Waals surface area contributed by atoms with E-state index in [9.17, 15) is 29.2 Å². The summed E-state index contributed by atoms with van der Waals surface area (Å²) in [7, 11) is -1.21. The SMILES string of the molecule is CS(=O)CCC(Nc1ccc([N+](=O)[O-])cc1[N+](=O)[O-])C(=O)O. The number of nitrogens with zero attached hydrogens (tertiary/aromatic N) is 2. The molecule has 22 heavy (non-hydrogen) atoms. The maximum Gasteiger partial charge on any atom is 0.326 e. The van der Waals surface area contributed by atoms with Gasteiger partial charge in [-0.1, -0.05) is 0 Å². The van der Waals surface area contributed by atoms with E-state index >= 15 is 0 Å².